The van der Waals surface area contributed by atoms with Gasteiger partial charge in [-0.25, -0.2) is 4.79 Å². The van der Waals surface area contributed by atoms with Crippen molar-refractivity contribution >= 4 is 29.7 Å². The van der Waals surface area contributed by atoms with Gasteiger partial charge < -0.3 is 14.4 Å². The van der Waals surface area contributed by atoms with Crippen molar-refractivity contribution in [3.63, 3.8) is 0 Å². The molecule has 1 atom stereocenters. The van der Waals surface area contributed by atoms with E-state index in [4.69, 9.17) is 9.47 Å². The summed E-state index contributed by atoms with van der Waals surface area (Å²) in [6.45, 7) is 4.36. The maximum absolute atomic E-state index is 13.0. The van der Waals surface area contributed by atoms with Crippen LogP contribution in [0.3, 0.4) is 0 Å². The number of likely N-dealkylation sites (tertiary alicyclic amines) is 1. The molecule has 0 radical (unpaired) electrons. The van der Waals surface area contributed by atoms with Crippen LogP contribution in [0.4, 0.5) is 0 Å². The largest absolute Gasteiger partial charge is 0.466 e. The van der Waals surface area contributed by atoms with Crippen LogP contribution in [0.15, 0.2) is 18.2 Å². The number of amides is 3. The zero-order valence-electron chi connectivity index (χ0n) is 20.3. The van der Waals surface area contributed by atoms with Gasteiger partial charge in [-0.2, -0.15) is 0 Å². The van der Waals surface area contributed by atoms with Crippen LogP contribution in [0.5, 0.6) is 0 Å². The highest BCUT2D eigenvalue weighted by Gasteiger charge is 2.41. The van der Waals surface area contributed by atoms with E-state index in [0.29, 0.717) is 38.1 Å². The van der Waals surface area contributed by atoms with Crippen LogP contribution < -0.4 is 0 Å². The summed E-state index contributed by atoms with van der Waals surface area (Å²) >= 11 is 0. The molecule has 3 amide bonds. The fourth-order valence-corrected chi connectivity index (χ4v) is 5.19. The van der Waals surface area contributed by atoms with Crippen molar-refractivity contribution in [2.24, 2.45) is 5.92 Å². The lowest BCUT2D eigenvalue weighted by Crippen LogP contribution is -2.45. The molecule has 0 aromatic heterocycles. The summed E-state index contributed by atoms with van der Waals surface area (Å²) in [5.41, 5.74) is 0.622. The van der Waals surface area contributed by atoms with Crippen molar-refractivity contribution < 1.29 is 33.4 Å². The van der Waals surface area contributed by atoms with Gasteiger partial charge in [0.2, 0.25) is 0 Å². The average Bonchev–Trinajstić information content (AvgIpc) is 3.13. The second-order valence-electron chi connectivity index (χ2n) is 9.43. The lowest BCUT2D eigenvalue weighted by molar-refractivity contribution is -0.152. The molecule has 2 heterocycles. The average molecular weight is 485 g/mol. The van der Waals surface area contributed by atoms with E-state index >= 15 is 0 Å². The van der Waals surface area contributed by atoms with Gasteiger partial charge in [0.1, 0.15) is 0 Å². The number of piperidine rings is 1. The number of fused-ring (bicyclic) bond motifs is 1. The molecular formula is C26H32N2O7. The van der Waals surface area contributed by atoms with Crippen LogP contribution >= 0.6 is 0 Å². The molecule has 1 unspecified atom stereocenters. The summed E-state index contributed by atoms with van der Waals surface area (Å²) in [6, 6.07) is 4.24. The summed E-state index contributed by atoms with van der Waals surface area (Å²) in [5, 5.41) is 0. The third-order valence-electron chi connectivity index (χ3n) is 7.15. The summed E-state index contributed by atoms with van der Waals surface area (Å²) < 4.78 is 10.5. The Morgan fingerprint density at radius 1 is 0.971 bits per heavy atom. The van der Waals surface area contributed by atoms with Crippen molar-refractivity contribution in [2.45, 2.75) is 70.9 Å². The molecule has 3 aliphatic rings. The minimum atomic E-state index is -1.02. The maximum Gasteiger partial charge on any atom is 0.338 e. The van der Waals surface area contributed by atoms with E-state index < -0.39 is 12.1 Å². The lowest BCUT2D eigenvalue weighted by Gasteiger charge is -2.32. The standard InChI is InChI=1S/C26H32N2O7/c1-3-34-25(32)17-11-13-27(14-12-17)22(29)16(2)35-26(33)18-9-10-20-21(15-18)24(31)28(23(20)30)19-7-5-4-6-8-19/h9-10,15-17,19H,3-8,11-14H2,1-2H3. The lowest BCUT2D eigenvalue weighted by atomic mass is 9.94. The van der Waals surface area contributed by atoms with Gasteiger partial charge in [-0.05, 0) is 57.7 Å². The van der Waals surface area contributed by atoms with Crippen LogP contribution in [0, 0.1) is 5.92 Å². The summed E-state index contributed by atoms with van der Waals surface area (Å²) in [4.78, 5) is 66.2. The second kappa shape index (κ2) is 10.6. The Balaban J connectivity index is 1.36. The van der Waals surface area contributed by atoms with Crippen LogP contribution in [-0.2, 0) is 19.1 Å². The molecule has 9 heteroatoms. The molecule has 1 aromatic carbocycles. The van der Waals surface area contributed by atoms with E-state index in [9.17, 15) is 24.0 Å². The Bertz CT molecular complexity index is 1020. The molecule has 0 bridgehead atoms. The third-order valence-corrected chi connectivity index (χ3v) is 7.15. The van der Waals surface area contributed by atoms with E-state index in [-0.39, 0.29) is 46.8 Å². The van der Waals surface area contributed by atoms with Crippen LogP contribution in [0.1, 0.15) is 89.9 Å². The smallest absolute Gasteiger partial charge is 0.338 e. The monoisotopic (exact) mass is 484 g/mol. The zero-order valence-corrected chi connectivity index (χ0v) is 20.3. The van der Waals surface area contributed by atoms with Crippen LogP contribution in [0.25, 0.3) is 0 Å². The first-order chi connectivity index (χ1) is 16.8. The Hall–Kier alpha value is -3.23. The van der Waals surface area contributed by atoms with Gasteiger partial charge in [-0.1, -0.05) is 19.3 Å². The maximum atomic E-state index is 13.0. The topological polar surface area (TPSA) is 110 Å². The number of imide groups is 1. The minimum absolute atomic E-state index is 0.0998. The predicted molar refractivity (Wildman–Crippen MR) is 125 cm³/mol. The summed E-state index contributed by atoms with van der Waals surface area (Å²) in [6.07, 6.45) is 4.67. The van der Waals surface area contributed by atoms with Crippen molar-refractivity contribution in [1.29, 1.82) is 0 Å². The number of nitrogens with zero attached hydrogens (tertiary/aromatic N) is 2. The van der Waals surface area contributed by atoms with Crippen LogP contribution in [-0.4, -0.2) is 71.3 Å². The van der Waals surface area contributed by atoms with E-state index in [1.165, 1.54) is 30.0 Å². The van der Waals surface area contributed by atoms with Crippen molar-refractivity contribution in [3.05, 3.63) is 34.9 Å². The molecule has 188 valence electrons. The number of benzene rings is 1. The van der Waals surface area contributed by atoms with Gasteiger partial charge in [0.15, 0.2) is 6.10 Å². The number of hydrogen-bond donors (Lipinski definition) is 0. The number of hydrogen-bond acceptors (Lipinski definition) is 7. The number of ether oxygens (including phenoxy) is 2. The third kappa shape index (κ3) is 5.09. The molecular weight excluding hydrogens is 452 g/mol. The minimum Gasteiger partial charge on any atom is -0.466 e. The summed E-state index contributed by atoms with van der Waals surface area (Å²) in [5.74, 6) is -2.22. The van der Waals surface area contributed by atoms with Crippen LogP contribution in [0.2, 0.25) is 0 Å². The molecule has 1 saturated carbocycles. The molecule has 2 fully saturated rings. The van der Waals surface area contributed by atoms with Gasteiger partial charge in [0, 0.05) is 19.1 Å². The molecule has 9 nitrogen and oxygen atoms in total. The molecule has 2 aliphatic heterocycles. The van der Waals surface area contributed by atoms with Crippen molar-refractivity contribution in [3.8, 4) is 0 Å². The summed E-state index contributed by atoms with van der Waals surface area (Å²) in [7, 11) is 0. The van der Waals surface area contributed by atoms with Gasteiger partial charge in [-0.3, -0.25) is 24.1 Å². The predicted octanol–water partition coefficient (Wildman–Crippen LogP) is 2.96. The SMILES string of the molecule is CCOC(=O)C1CCN(C(=O)C(C)OC(=O)c2ccc3c(c2)C(=O)N(C2CCCCC2)C3=O)CC1. The molecule has 0 N–H and O–H groups in total. The van der Waals surface area contributed by atoms with Gasteiger partial charge in [0.05, 0.1) is 29.2 Å². The highest BCUT2D eigenvalue weighted by molar-refractivity contribution is 6.22. The first-order valence-corrected chi connectivity index (χ1v) is 12.5. The highest BCUT2D eigenvalue weighted by atomic mass is 16.5. The molecule has 1 aliphatic carbocycles. The van der Waals surface area contributed by atoms with Crippen molar-refractivity contribution in [1.82, 2.24) is 9.80 Å². The fourth-order valence-electron chi connectivity index (χ4n) is 5.19. The highest BCUT2D eigenvalue weighted by Crippen LogP contribution is 2.31. The first-order valence-electron chi connectivity index (χ1n) is 12.5. The molecule has 1 aromatic rings. The van der Waals surface area contributed by atoms with E-state index in [1.54, 1.807) is 11.8 Å². The molecule has 0 spiro atoms. The van der Waals surface area contributed by atoms with E-state index in [2.05, 4.69) is 0 Å². The van der Waals surface area contributed by atoms with Gasteiger partial charge in [0.25, 0.3) is 17.7 Å². The Morgan fingerprint density at radius 3 is 2.29 bits per heavy atom. The van der Waals surface area contributed by atoms with E-state index in [1.807, 2.05) is 0 Å². The zero-order chi connectivity index (χ0) is 25.1. The van der Waals surface area contributed by atoms with Gasteiger partial charge in [-0.15, -0.1) is 0 Å². The number of esters is 2. The Kier molecular flexibility index (Phi) is 7.52. The number of carbonyl (C=O) groups excluding carboxylic acids is 5. The fraction of sp³-hybridized carbons (Fsp3) is 0.577. The Morgan fingerprint density at radius 2 is 1.63 bits per heavy atom. The second-order valence-corrected chi connectivity index (χ2v) is 9.43. The molecule has 1 saturated heterocycles. The van der Waals surface area contributed by atoms with E-state index in [0.717, 1.165) is 32.1 Å². The molecule has 4 rings (SSSR count). The normalized spacial score (nSPS) is 19.9. The van der Waals surface area contributed by atoms with Crippen molar-refractivity contribution in [2.75, 3.05) is 19.7 Å². The number of rotatable bonds is 6. The quantitative estimate of drug-likeness (QED) is 0.451. The van der Waals surface area contributed by atoms with Gasteiger partial charge >= 0.3 is 11.9 Å². The first kappa shape index (κ1) is 24.9. The molecule has 35 heavy (non-hydrogen) atoms. The Labute approximate surface area is 204 Å². The number of carbonyl (C=O) groups is 5.